The van der Waals surface area contributed by atoms with Crippen LogP contribution in [0.1, 0.15) is 36.0 Å². The number of amides is 1. The third kappa shape index (κ3) is 5.25. The number of carboxylic acids is 1. The minimum Gasteiger partial charge on any atom is -0.492 e. The number of rotatable bonds is 6. The molecule has 1 aromatic carbocycles. The van der Waals surface area contributed by atoms with Gasteiger partial charge in [0.25, 0.3) is 0 Å². The molecule has 126 valence electrons. The Balaban J connectivity index is 1.75. The lowest BCUT2D eigenvalue weighted by atomic mass is 10.1. The molecule has 1 aromatic rings. The van der Waals surface area contributed by atoms with Crippen molar-refractivity contribution in [3.8, 4) is 5.75 Å². The highest BCUT2D eigenvalue weighted by Gasteiger charge is 2.24. The highest BCUT2D eigenvalue weighted by Crippen LogP contribution is 2.15. The zero-order valence-corrected chi connectivity index (χ0v) is 13.5. The molecule has 0 saturated carbocycles. The minimum atomic E-state index is -0.986. The Morgan fingerprint density at radius 1 is 1.35 bits per heavy atom. The molecule has 2 N–H and O–H groups in total. The topological polar surface area (TPSA) is 78.9 Å². The molecule has 0 aromatic heterocycles. The average molecular weight is 320 g/mol. The Labute approximate surface area is 136 Å². The summed E-state index contributed by atoms with van der Waals surface area (Å²) in [6, 6.07) is 6.26. The summed E-state index contributed by atoms with van der Waals surface area (Å²) in [7, 11) is 1.99. The zero-order valence-electron chi connectivity index (χ0n) is 13.5. The summed E-state index contributed by atoms with van der Waals surface area (Å²) >= 11 is 0. The Morgan fingerprint density at radius 2 is 2.17 bits per heavy atom. The van der Waals surface area contributed by atoms with Crippen LogP contribution in [0.4, 0.5) is 0 Å². The third-order valence-electron chi connectivity index (χ3n) is 4.07. The Morgan fingerprint density at radius 3 is 2.96 bits per heavy atom. The van der Waals surface area contributed by atoms with E-state index in [1.807, 2.05) is 7.05 Å². The van der Waals surface area contributed by atoms with Crippen LogP contribution in [0.5, 0.6) is 5.75 Å². The largest absolute Gasteiger partial charge is 0.492 e. The molecule has 6 nitrogen and oxygen atoms in total. The maximum Gasteiger partial charge on any atom is 0.335 e. The lowest BCUT2D eigenvalue weighted by Crippen LogP contribution is -2.45. The van der Waals surface area contributed by atoms with Gasteiger partial charge in [0.15, 0.2) is 0 Å². The number of hydrogen-bond donors (Lipinski definition) is 2. The van der Waals surface area contributed by atoms with Gasteiger partial charge in [-0.2, -0.15) is 0 Å². The number of ether oxygens (including phenoxy) is 1. The lowest BCUT2D eigenvalue weighted by Gasteiger charge is -2.24. The van der Waals surface area contributed by atoms with Crippen LogP contribution in [0.3, 0.4) is 0 Å². The van der Waals surface area contributed by atoms with Crippen LogP contribution in [-0.4, -0.2) is 54.7 Å². The smallest absolute Gasteiger partial charge is 0.335 e. The predicted octanol–water partition coefficient (Wildman–Crippen LogP) is 1.75. The molecule has 23 heavy (non-hydrogen) atoms. The molecule has 1 heterocycles. The molecule has 0 radical (unpaired) electrons. The summed E-state index contributed by atoms with van der Waals surface area (Å²) in [5.74, 6) is -0.455. The molecule has 1 fully saturated rings. The summed E-state index contributed by atoms with van der Waals surface area (Å²) in [6.07, 6.45) is 4.30. The number of carbonyl (C=O) groups is 2. The average Bonchev–Trinajstić information content (AvgIpc) is 2.76. The van der Waals surface area contributed by atoms with Gasteiger partial charge >= 0.3 is 5.97 Å². The van der Waals surface area contributed by atoms with Crippen molar-refractivity contribution in [2.24, 2.45) is 0 Å². The third-order valence-corrected chi connectivity index (χ3v) is 4.07. The first-order chi connectivity index (χ1) is 11.1. The molecule has 0 bridgehead atoms. The Kier molecular flexibility index (Phi) is 6.40. The maximum atomic E-state index is 12.2. The standard InChI is InChI=1S/C17H24N2O4/c1-19-10-4-2-3-8-15(19)16(20)18-9-11-23-14-7-5-6-13(12-14)17(21)22/h5-7,12,15H,2-4,8-11H2,1H3,(H,18,20)(H,21,22). The van der Waals surface area contributed by atoms with Gasteiger partial charge in [-0.05, 0) is 44.6 Å². The van der Waals surface area contributed by atoms with Gasteiger partial charge in [0.1, 0.15) is 12.4 Å². The zero-order chi connectivity index (χ0) is 16.7. The number of nitrogens with one attached hydrogen (secondary N) is 1. The van der Waals surface area contributed by atoms with Gasteiger partial charge in [-0.3, -0.25) is 9.69 Å². The number of likely N-dealkylation sites (N-methyl/N-ethyl adjacent to an activating group) is 1. The van der Waals surface area contributed by atoms with E-state index in [9.17, 15) is 9.59 Å². The van der Waals surface area contributed by atoms with E-state index in [0.717, 1.165) is 25.8 Å². The van der Waals surface area contributed by atoms with Crippen molar-refractivity contribution in [2.75, 3.05) is 26.7 Å². The van der Waals surface area contributed by atoms with Gasteiger partial charge in [0.2, 0.25) is 5.91 Å². The molecule has 1 aliphatic heterocycles. The van der Waals surface area contributed by atoms with E-state index in [2.05, 4.69) is 10.2 Å². The van der Waals surface area contributed by atoms with Gasteiger partial charge in [0, 0.05) is 0 Å². The predicted molar refractivity (Wildman–Crippen MR) is 86.8 cm³/mol. The summed E-state index contributed by atoms with van der Waals surface area (Å²) in [6.45, 7) is 1.67. The fourth-order valence-electron chi connectivity index (χ4n) is 2.76. The van der Waals surface area contributed by atoms with Crippen molar-refractivity contribution in [3.63, 3.8) is 0 Å². The van der Waals surface area contributed by atoms with E-state index in [1.54, 1.807) is 12.1 Å². The molecule has 1 saturated heterocycles. The summed E-state index contributed by atoms with van der Waals surface area (Å²) in [4.78, 5) is 25.2. The van der Waals surface area contributed by atoms with Crippen LogP contribution in [0, 0.1) is 0 Å². The van der Waals surface area contributed by atoms with Gasteiger partial charge in [-0.1, -0.05) is 18.9 Å². The number of carboxylic acid groups (broad SMARTS) is 1. The summed E-state index contributed by atoms with van der Waals surface area (Å²) in [5, 5.41) is 11.8. The highest BCUT2D eigenvalue weighted by atomic mass is 16.5. The SMILES string of the molecule is CN1CCCCCC1C(=O)NCCOc1cccc(C(=O)O)c1. The van der Waals surface area contributed by atoms with Crippen LogP contribution < -0.4 is 10.1 Å². The van der Waals surface area contributed by atoms with Crippen molar-refractivity contribution in [1.29, 1.82) is 0 Å². The molecule has 1 atom stereocenters. The molecule has 1 unspecified atom stereocenters. The lowest BCUT2D eigenvalue weighted by molar-refractivity contribution is -0.126. The molecular formula is C17H24N2O4. The number of carbonyl (C=O) groups excluding carboxylic acids is 1. The number of benzene rings is 1. The van der Waals surface area contributed by atoms with Crippen molar-refractivity contribution >= 4 is 11.9 Å². The molecule has 0 spiro atoms. The van der Waals surface area contributed by atoms with Crippen LogP contribution in [0.2, 0.25) is 0 Å². The van der Waals surface area contributed by atoms with Crippen LogP contribution in [0.15, 0.2) is 24.3 Å². The number of aromatic carboxylic acids is 1. The molecule has 1 amide bonds. The van der Waals surface area contributed by atoms with Gasteiger partial charge in [-0.15, -0.1) is 0 Å². The first kappa shape index (κ1) is 17.3. The number of likely N-dealkylation sites (tertiary alicyclic amines) is 1. The highest BCUT2D eigenvalue weighted by molar-refractivity contribution is 5.88. The Hall–Kier alpha value is -2.08. The van der Waals surface area contributed by atoms with E-state index in [1.165, 1.54) is 18.6 Å². The molecule has 2 rings (SSSR count). The minimum absolute atomic E-state index is 0.0392. The maximum absolute atomic E-state index is 12.2. The van der Waals surface area contributed by atoms with Crippen molar-refractivity contribution in [3.05, 3.63) is 29.8 Å². The second kappa shape index (κ2) is 8.53. The first-order valence-corrected chi connectivity index (χ1v) is 8.02. The van der Waals surface area contributed by atoms with Gasteiger partial charge in [0.05, 0.1) is 18.2 Å². The fraction of sp³-hybridized carbons (Fsp3) is 0.529. The van der Waals surface area contributed by atoms with E-state index in [-0.39, 0.29) is 17.5 Å². The first-order valence-electron chi connectivity index (χ1n) is 8.02. The van der Waals surface area contributed by atoms with E-state index in [0.29, 0.717) is 18.9 Å². The number of nitrogens with zero attached hydrogens (tertiary/aromatic N) is 1. The second-order valence-corrected chi connectivity index (χ2v) is 5.82. The van der Waals surface area contributed by atoms with E-state index < -0.39 is 5.97 Å². The Bertz CT molecular complexity index is 547. The van der Waals surface area contributed by atoms with E-state index >= 15 is 0 Å². The van der Waals surface area contributed by atoms with Crippen LogP contribution in [-0.2, 0) is 4.79 Å². The molecule has 6 heteroatoms. The molecule has 0 aliphatic carbocycles. The summed E-state index contributed by atoms with van der Waals surface area (Å²) < 4.78 is 5.49. The second-order valence-electron chi connectivity index (χ2n) is 5.82. The van der Waals surface area contributed by atoms with Crippen LogP contribution >= 0.6 is 0 Å². The molecular weight excluding hydrogens is 296 g/mol. The quantitative estimate of drug-likeness (QED) is 0.781. The van der Waals surface area contributed by atoms with Crippen LogP contribution in [0.25, 0.3) is 0 Å². The van der Waals surface area contributed by atoms with Crippen molar-refractivity contribution < 1.29 is 19.4 Å². The number of hydrogen-bond acceptors (Lipinski definition) is 4. The van der Waals surface area contributed by atoms with Crippen molar-refractivity contribution in [1.82, 2.24) is 10.2 Å². The van der Waals surface area contributed by atoms with E-state index in [4.69, 9.17) is 9.84 Å². The van der Waals surface area contributed by atoms with Crippen molar-refractivity contribution in [2.45, 2.75) is 31.7 Å². The molecule has 1 aliphatic rings. The monoisotopic (exact) mass is 320 g/mol. The van der Waals surface area contributed by atoms with Gasteiger partial charge < -0.3 is 15.2 Å². The van der Waals surface area contributed by atoms with Gasteiger partial charge in [-0.25, -0.2) is 4.79 Å². The fourth-order valence-corrected chi connectivity index (χ4v) is 2.76. The summed E-state index contributed by atoms with van der Waals surface area (Å²) in [5.41, 5.74) is 0.187. The normalized spacial score (nSPS) is 18.9.